The molecule has 0 radical (unpaired) electrons. The molecule has 1 aromatic rings. The standard InChI is InChI=1S/C15H28N4/c1-15(2,19-11-8-16-9-12-19)6-10-18(3)13-14-5-4-7-17-14/h4-5,7,16-17H,6,8-13H2,1-3H3. The van der Waals surface area contributed by atoms with E-state index in [1.165, 1.54) is 25.2 Å². The van der Waals surface area contributed by atoms with E-state index < -0.39 is 0 Å². The summed E-state index contributed by atoms with van der Waals surface area (Å²) in [7, 11) is 2.20. The summed E-state index contributed by atoms with van der Waals surface area (Å²) in [6, 6.07) is 4.21. The van der Waals surface area contributed by atoms with Crippen LogP contribution in [0.3, 0.4) is 0 Å². The van der Waals surface area contributed by atoms with Crippen molar-refractivity contribution in [2.75, 3.05) is 39.8 Å². The molecule has 4 nitrogen and oxygen atoms in total. The molecule has 0 spiro atoms. The lowest BCUT2D eigenvalue weighted by Gasteiger charge is -2.42. The van der Waals surface area contributed by atoms with Gasteiger partial charge in [-0.05, 0) is 46.0 Å². The number of H-pyrrole nitrogens is 1. The SMILES string of the molecule is CN(CCC(C)(C)N1CCNCC1)Cc1ccc[nH]1. The van der Waals surface area contributed by atoms with E-state index in [4.69, 9.17) is 0 Å². The number of aromatic nitrogens is 1. The second-order valence-corrected chi connectivity index (χ2v) is 6.23. The Morgan fingerprint density at radius 3 is 2.68 bits per heavy atom. The molecule has 1 aliphatic rings. The number of piperazine rings is 1. The fraction of sp³-hybridized carbons (Fsp3) is 0.733. The van der Waals surface area contributed by atoms with Gasteiger partial charge in [-0.1, -0.05) is 0 Å². The molecule has 0 amide bonds. The monoisotopic (exact) mass is 264 g/mol. The largest absolute Gasteiger partial charge is 0.364 e. The van der Waals surface area contributed by atoms with Crippen LogP contribution in [0.1, 0.15) is 26.0 Å². The number of nitrogens with zero attached hydrogens (tertiary/aromatic N) is 2. The maximum absolute atomic E-state index is 3.43. The van der Waals surface area contributed by atoms with E-state index in [-0.39, 0.29) is 0 Å². The van der Waals surface area contributed by atoms with E-state index in [1.807, 2.05) is 6.20 Å². The van der Waals surface area contributed by atoms with Crippen LogP contribution in [0.5, 0.6) is 0 Å². The topological polar surface area (TPSA) is 34.3 Å². The van der Waals surface area contributed by atoms with E-state index in [1.54, 1.807) is 0 Å². The summed E-state index contributed by atoms with van der Waals surface area (Å²) >= 11 is 0. The lowest BCUT2D eigenvalue weighted by atomic mass is 9.97. The normalized spacial score (nSPS) is 18.1. The molecule has 0 bridgehead atoms. The number of aromatic amines is 1. The van der Waals surface area contributed by atoms with Crippen molar-refractivity contribution < 1.29 is 0 Å². The first kappa shape index (κ1) is 14.6. The molecule has 1 fully saturated rings. The lowest BCUT2D eigenvalue weighted by molar-refractivity contribution is 0.0853. The molecule has 0 saturated carbocycles. The van der Waals surface area contributed by atoms with Crippen molar-refractivity contribution in [3.8, 4) is 0 Å². The first-order valence-electron chi connectivity index (χ1n) is 7.34. The maximum Gasteiger partial charge on any atom is 0.0382 e. The average Bonchev–Trinajstić information content (AvgIpc) is 2.90. The Kier molecular flexibility index (Phi) is 5.02. The minimum absolute atomic E-state index is 0.298. The van der Waals surface area contributed by atoms with Crippen LogP contribution in [0.2, 0.25) is 0 Å². The molecule has 2 heterocycles. The van der Waals surface area contributed by atoms with Gasteiger partial charge in [0, 0.05) is 50.2 Å². The van der Waals surface area contributed by atoms with E-state index in [0.717, 1.165) is 26.2 Å². The van der Waals surface area contributed by atoms with Gasteiger partial charge in [-0.2, -0.15) is 0 Å². The first-order chi connectivity index (χ1) is 9.08. The molecule has 0 aliphatic carbocycles. The van der Waals surface area contributed by atoms with Gasteiger partial charge < -0.3 is 15.2 Å². The number of hydrogen-bond donors (Lipinski definition) is 2. The summed E-state index contributed by atoms with van der Waals surface area (Å²) < 4.78 is 0. The van der Waals surface area contributed by atoms with Gasteiger partial charge in [0.05, 0.1) is 0 Å². The molecular weight excluding hydrogens is 236 g/mol. The van der Waals surface area contributed by atoms with Gasteiger partial charge >= 0.3 is 0 Å². The van der Waals surface area contributed by atoms with Gasteiger partial charge in [-0.3, -0.25) is 4.90 Å². The molecular formula is C15H28N4. The van der Waals surface area contributed by atoms with Crippen molar-refractivity contribution in [1.82, 2.24) is 20.1 Å². The number of hydrogen-bond acceptors (Lipinski definition) is 3. The van der Waals surface area contributed by atoms with Crippen molar-refractivity contribution in [2.45, 2.75) is 32.4 Å². The van der Waals surface area contributed by atoms with Crippen LogP contribution in [0.25, 0.3) is 0 Å². The highest BCUT2D eigenvalue weighted by Gasteiger charge is 2.27. The van der Waals surface area contributed by atoms with E-state index in [0.29, 0.717) is 5.54 Å². The van der Waals surface area contributed by atoms with Crippen LogP contribution in [0.15, 0.2) is 18.3 Å². The van der Waals surface area contributed by atoms with Gasteiger partial charge in [-0.25, -0.2) is 0 Å². The lowest BCUT2D eigenvalue weighted by Crippen LogP contribution is -2.54. The number of nitrogens with one attached hydrogen (secondary N) is 2. The molecule has 4 heteroatoms. The van der Waals surface area contributed by atoms with Gasteiger partial charge in [0.2, 0.25) is 0 Å². The second-order valence-electron chi connectivity index (χ2n) is 6.23. The molecule has 108 valence electrons. The Labute approximate surface area is 117 Å². The van der Waals surface area contributed by atoms with Crippen LogP contribution in [-0.4, -0.2) is 60.1 Å². The Hall–Kier alpha value is -0.840. The van der Waals surface area contributed by atoms with E-state index in [2.05, 4.69) is 53.1 Å². The van der Waals surface area contributed by atoms with Gasteiger partial charge in [-0.15, -0.1) is 0 Å². The molecule has 1 saturated heterocycles. The van der Waals surface area contributed by atoms with Crippen LogP contribution < -0.4 is 5.32 Å². The minimum atomic E-state index is 0.298. The summed E-state index contributed by atoms with van der Waals surface area (Å²) in [6.45, 7) is 11.5. The highest BCUT2D eigenvalue weighted by Crippen LogP contribution is 2.19. The predicted molar refractivity (Wildman–Crippen MR) is 80.3 cm³/mol. The molecule has 0 aromatic carbocycles. The molecule has 2 N–H and O–H groups in total. The molecule has 2 rings (SSSR count). The third-order valence-corrected chi connectivity index (χ3v) is 4.18. The Bertz CT molecular complexity index is 352. The Balaban J connectivity index is 1.76. The van der Waals surface area contributed by atoms with Crippen molar-refractivity contribution in [1.29, 1.82) is 0 Å². The van der Waals surface area contributed by atoms with E-state index >= 15 is 0 Å². The van der Waals surface area contributed by atoms with Crippen LogP contribution in [0.4, 0.5) is 0 Å². The fourth-order valence-corrected chi connectivity index (χ4v) is 2.73. The zero-order chi connectivity index (χ0) is 13.7. The quantitative estimate of drug-likeness (QED) is 0.817. The molecule has 19 heavy (non-hydrogen) atoms. The Morgan fingerprint density at radius 2 is 2.05 bits per heavy atom. The molecule has 1 aliphatic heterocycles. The third-order valence-electron chi connectivity index (χ3n) is 4.18. The van der Waals surface area contributed by atoms with Crippen molar-refractivity contribution in [3.63, 3.8) is 0 Å². The van der Waals surface area contributed by atoms with Gasteiger partial charge in [0.1, 0.15) is 0 Å². The minimum Gasteiger partial charge on any atom is -0.364 e. The van der Waals surface area contributed by atoms with Crippen molar-refractivity contribution in [2.24, 2.45) is 0 Å². The first-order valence-corrected chi connectivity index (χ1v) is 7.34. The molecule has 0 atom stereocenters. The summed E-state index contributed by atoms with van der Waals surface area (Å²) in [5.74, 6) is 0. The third kappa shape index (κ3) is 4.34. The highest BCUT2D eigenvalue weighted by atomic mass is 15.2. The summed E-state index contributed by atoms with van der Waals surface area (Å²) in [5, 5.41) is 3.43. The molecule has 1 aromatic heterocycles. The van der Waals surface area contributed by atoms with Crippen LogP contribution >= 0.6 is 0 Å². The van der Waals surface area contributed by atoms with Crippen molar-refractivity contribution >= 4 is 0 Å². The van der Waals surface area contributed by atoms with Crippen LogP contribution in [0, 0.1) is 0 Å². The fourth-order valence-electron chi connectivity index (χ4n) is 2.73. The zero-order valence-corrected chi connectivity index (χ0v) is 12.6. The van der Waals surface area contributed by atoms with Gasteiger partial charge in [0.25, 0.3) is 0 Å². The average molecular weight is 264 g/mol. The number of rotatable bonds is 6. The summed E-state index contributed by atoms with van der Waals surface area (Å²) in [4.78, 5) is 8.28. The summed E-state index contributed by atoms with van der Waals surface area (Å²) in [5.41, 5.74) is 1.59. The maximum atomic E-state index is 3.43. The van der Waals surface area contributed by atoms with Gasteiger partial charge in [0.15, 0.2) is 0 Å². The predicted octanol–water partition coefficient (Wildman–Crippen LogP) is 1.52. The van der Waals surface area contributed by atoms with Crippen molar-refractivity contribution in [3.05, 3.63) is 24.0 Å². The Morgan fingerprint density at radius 1 is 1.32 bits per heavy atom. The van der Waals surface area contributed by atoms with E-state index in [9.17, 15) is 0 Å². The smallest absolute Gasteiger partial charge is 0.0382 e. The zero-order valence-electron chi connectivity index (χ0n) is 12.6. The van der Waals surface area contributed by atoms with Crippen LogP contribution in [-0.2, 0) is 6.54 Å². The highest BCUT2D eigenvalue weighted by molar-refractivity contribution is 5.03. The second kappa shape index (κ2) is 6.55. The molecule has 0 unspecified atom stereocenters. The summed E-state index contributed by atoms with van der Waals surface area (Å²) in [6.07, 6.45) is 3.21.